The SMILES string of the molecule is CCC1COC(C)CN1Cc1cc(CNC(C)C)oc1C. The fourth-order valence-corrected chi connectivity index (χ4v) is 2.84. The standard InChI is InChI=1S/C17H30N2O2/c1-6-16-11-20-13(4)9-19(16)10-15-7-17(21-14(15)5)8-18-12(2)3/h7,12-13,16,18H,6,8-11H2,1-5H3. The first-order valence-corrected chi connectivity index (χ1v) is 8.16. The fraction of sp³-hybridized carbons (Fsp3) is 0.765. The molecule has 0 amide bonds. The molecular weight excluding hydrogens is 264 g/mol. The number of morpholine rings is 1. The Morgan fingerprint density at radius 3 is 2.86 bits per heavy atom. The molecular formula is C17H30N2O2. The van der Waals surface area contributed by atoms with Crippen molar-refractivity contribution < 1.29 is 9.15 Å². The van der Waals surface area contributed by atoms with Crippen LogP contribution in [-0.4, -0.2) is 36.2 Å². The number of nitrogens with zero attached hydrogens (tertiary/aromatic N) is 1. The Morgan fingerprint density at radius 2 is 2.19 bits per heavy atom. The summed E-state index contributed by atoms with van der Waals surface area (Å²) in [6.45, 7) is 14.4. The van der Waals surface area contributed by atoms with Gasteiger partial charge in [-0.15, -0.1) is 0 Å². The van der Waals surface area contributed by atoms with Crippen molar-refractivity contribution in [3.05, 3.63) is 23.2 Å². The molecule has 1 aliphatic rings. The Morgan fingerprint density at radius 1 is 1.43 bits per heavy atom. The zero-order valence-electron chi connectivity index (χ0n) is 14.1. The second kappa shape index (κ2) is 7.43. The van der Waals surface area contributed by atoms with Gasteiger partial charge < -0.3 is 14.5 Å². The minimum absolute atomic E-state index is 0.321. The second-order valence-corrected chi connectivity index (χ2v) is 6.47. The number of rotatable bonds is 6. The van der Waals surface area contributed by atoms with E-state index in [1.54, 1.807) is 0 Å². The van der Waals surface area contributed by atoms with Gasteiger partial charge in [0.25, 0.3) is 0 Å². The van der Waals surface area contributed by atoms with Crippen molar-refractivity contribution in [2.24, 2.45) is 0 Å². The molecule has 1 fully saturated rings. The number of furan rings is 1. The molecule has 4 nitrogen and oxygen atoms in total. The lowest BCUT2D eigenvalue weighted by molar-refractivity contribution is -0.0593. The molecule has 21 heavy (non-hydrogen) atoms. The largest absolute Gasteiger partial charge is 0.465 e. The first-order chi connectivity index (χ1) is 9.99. The average Bonchev–Trinajstić information content (AvgIpc) is 2.77. The van der Waals surface area contributed by atoms with Crippen molar-refractivity contribution >= 4 is 0 Å². The maximum absolute atomic E-state index is 5.88. The highest BCUT2D eigenvalue weighted by Gasteiger charge is 2.26. The Kier molecular flexibility index (Phi) is 5.85. The predicted molar refractivity (Wildman–Crippen MR) is 85.3 cm³/mol. The van der Waals surface area contributed by atoms with E-state index >= 15 is 0 Å². The van der Waals surface area contributed by atoms with Crippen LogP contribution in [0.25, 0.3) is 0 Å². The Hall–Kier alpha value is -0.840. The van der Waals surface area contributed by atoms with Gasteiger partial charge in [0.1, 0.15) is 11.5 Å². The second-order valence-electron chi connectivity index (χ2n) is 6.47. The van der Waals surface area contributed by atoms with Gasteiger partial charge in [0.05, 0.1) is 19.3 Å². The Bertz CT molecular complexity index is 442. The van der Waals surface area contributed by atoms with E-state index in [0.29, 0.717) is 18.2 Å². The Balaban J connectivity index is 2.00. The minimum Gasteiger partial charge on any atom is -0.465 e. The smallest absolute Gasteiger partial charge is 0.118 e. The molecule has 0 saturated carbocycles. The lowest BCUT2D eigenvalue weighted by atomic mass is 10.1. The first kappa shape index (κ1) is 16.5. The van der Waals surface area contributed by atoms with Crippen molar-refractivity contribution in [3.63, 3.8) is 0 Å². The van der Waals surface area contributed by atoms with Crippen LogP contribution >= 0.6 is 0 Å². The summed E-state index contributed by atoms with van der Waals surface area (Å²) >= 11 is 0. The van der Waals surface area contributed by atoms with Crippen molar-refractivity contribution in [2.75, 3.05) is 13.2 Å². The van der Waals surface area contributed by atoms with E-state index in [0.717, 1.165) is 44.2 Å². The van der Waals surface area contributed by atoms with Crippen LogP contribution in [0.4, 0.5) is 0 Å². The van der Waals surface area contributed by atoms with Gasteiger partial charge in [0.15, 0.2) is 0 Å². The van der Waals surface area contributed by atoms with Gasteiger partial charge in [0.2, 0.25) is 0 Å². The molecule has 0 aliphatic carbocycles. The molecule has 2 rings (SSSR count). The fourth-order valence-electron chi connectivity index (χ4n) is 2.84. The summed E-state index contributed by atoms with van der Waals surface area (Å²) in [4.78, 5) is 2.53. The third kappa shape index (κ3) is 4.56. The summed E-state index contributed by atoms with van der Waals surface area (Å²) < 4.78 is 11.7. The summed E-state index contributed by atoms with van der Waals surface area (Å²) in [5.41, 5.74) is 1.31. The van der Waals surface area contributed by atoms with E-state index in [9.17, 15) is 0 Å². The van der Waals surface area contributed by atoms with Crippen LogP contribution in [0.3, 0.4) is 0 Å². The third-order valence-electron chi connectivity index (χ3n) is 4.18. The topological polar surface area (TPSA) is 37.6 Å². The lowest BCUT2D eigenvalue weighted by Gasteiger charge is -2.38. The van der Waals surface area contributed by atoms with Crippen LogP contribution < -0.4 is 5.32 Å². The van der Waals surface area contributed by atoms with Gasteiger partial charge in [-0.25, -0.2) is 0 Å². The van der Waals surface area contributed by atoms with Crippen LogP contribution in [0.5, 0.6) is 0 Å². The number of aryl methyl sites for hydroxylation is 1. The molecule has 2 unspecified atom stereocenters. The molecule has 0 aromatic carbocycles. The van der Waals surface area contributed by atoms with Gasteiger partial charge >= 0.3 is 0 Å². The molecule has 120 valence electrons. The molecule has 2 heterocycles. The van der Waals surface area contributed by atoms with Crippen LogP contribution in [0.1, 0.15) is 51.2 Å². The van der Waals surface area contributed by atoms with E-state index in [2.05, 4.69) is 50.9 Å². The quantitative estimate of drug-likeness (QED) is 0.875. The molecule has 2 atom stereocenters. The molecule has 0 radical (unpaired) electrons. The monoisotopic (exact) mass is 294 g/mol. The molecule has 1 N–H and O–H groups in total. The first-order valence-electron chi connectivity index (χ1n) is 8.16. The summed E-state index contributed by atoms with van der Waals surface area (Å²) in [5.74, 6) is 2.08. The zero-order chi connectivity index (χ0) is 15.4. The van der Waals surface area contributed by atoms with Gasteiger partial charge in [-0.1, -0.05) is 20.8 Å². The molecule has 1 aliphatic heterocycles. The summed E-state index contributed by atoms with van der Waals surface area (Å²) in [6, 6.07) is 3.20. The molecule has 0 bridgehead atoms. The van der Waals surface area contributed by atoms with E-state index in [-0.39, 0.29) is 0 Å². The number of hydrogen-bond donors (Lipinski definition) is 1. The van der Waals surface area contributed by atoms with Crippen molar-refractivity contribution in [2.45, 2.75) is 72.3 Å². The van der Waals surface area contributed by atoms with Crippen molar-refractivity contribution in [3.8, 4) is 0 Å². The molecule has 1 aromatic heterocycles. The van der Waals surface area contributed by atoms with Gasteiger partial charge in [0, 0.05) is 30.7 Å². The molecule has 1 saturated heterocycles. The predicted octanol–water partition coefficient (Wildman–Crippen LogP) is 3.09. The van der Waals surface area contributed by atoms with Gasteiger partial charge in [-0.05, 0) is 26.3 Å². The van der Waals surface area contributed by atoms with Crippen LogP contribution in [0, 0.1) is 6.92 Å². The third-order valence-corrected chi connectivity index (χ3v) is 4.18. The maximum Gasteiger partial charge on any atom is 0.118 e. The van der Waals surface area contributed by atoms with E-state index in [4.69, 9.17) is 9.15 Å². The van der Waals surface area contributed by atoms with E-state index in [1.165, 1.54) is 5.56 Å². The molecule has 1 aromatic rings. The van der Waals surface area contributed by atoms with Gasteiger partial charge in [-0.3, -0.25) is 4.90 Å². The lowest BCUT2D eigenvalue weighted by Crippen LogP contribution is -2.47. The van der Waals surface area contributed by atoms with Crippen LogP contribution in [0.15, 0.2) is 10.5 Å². The van der Waals surface area contributed by atoms with E-state index in [1.807, 2.05) is 0 Å². The van der Waals surface area contributed by atoms with Crippen LogP contribution in [0.2, 0.25) is 0 Å². The van der Waals surface area contributed by atoms with Crippen molar-refractivity contribution in [1.82, 2.24) is 10.2 Å². The summed E-state index contributed by atoms with van der Waals surface area (Å²) in [7, 11) is 0. The Labute approximate surface area is 128 Å². The maximum atomic E-state index is 5.88. The number of ether oxygens (including phenoxy) is 1. The highest BCUT2D eigenvalue weighted by atomic mass is 16.5. The number of hydrogen-bond acceptors (Lipinski definition) is 4. The summed E-state index contributed by atoms with van der Waals surface area (Å²) in [5, 5.41) is 3.41. The van der Waals surface area contributed by atoms with E-state index < -0.39 is 0 Å². The normalized spacial score (nSPS) is 23.9. The van der Waals surface area contributed by atoms with Gasteiger partial charge in [-0.2, -0.15) is 0 Å². The summed E-state index contributed by atoms with van der Waals surface area (Å²) in [6.07, 6.45) is 1.45. The highest BCUT2D eigenvalue weighted by Crippen LogP contribution is 2.22. The zero-order valence-corrected chi connectivity index (χ0v) is 14.1. The molecule has 0 spiro atoms. The minimum atomic E-state index is 0.321. The number of nitrogens with one attached hydrogen (secondary N) is 1. The average molecular weight is 294 g/mol. The molecule has 4 heteroatoms. The highest BCUT2D eigenvalue weighted by molar-refractivity contribution is 5.21. The van der Waals surface area contributed by atoms with Crippen molar-refractivity contribution in [1.29, 1.82) is 0 Å². The van der Waals surface area contributed by atoms with Crippen LogP contribution in [-0.2, 0) is 17.8 Å².